The van der Waals surface area contributed by atoms with Crippen molar-refractivity contribution in [2.24, 2.45) is 0 Å². The quantitative estimate of drug-likeness (QED) is 0.165. The van der Waals surface area contributed by atoms with Crippen LogP contribution < -0.4 is 5.32 Å². The second-order valence-corrected chi connectivity index (χ2v) is 10.1. The fourth-order valence-electron chi connectivity index (χ4n) is 3.81. The summed E-state index contributed by atoms with van der Waals surface area (Å²) in [6.07, 6.45) is 3.86. The average molecular weight is 545 g/mol. The van der Waals surface area contributed by atoms with E-state index in [-0.39, 0.29) is 18.9 Å². The minimum absolute atomic E-state index is 0.0986. The molecule has 9 heteroatoms. The van der Waals surface area contributed by atoms with Crippen LogP contribution in [-0.2, 0) is 17.4 Å². The number of carbonyl (C=O) groups is 2. The number of alkyl halides is 3. The first-order valence-corrected chi connectivity index (χ1v) is 13.6. The van der Waals surface area contributed by atoms with Gasteiger partial charge in [0, 0.05) is 28.8 Å². The van der Waals surface area contributed by atoms with Gasteiger partial charge in [-0.2, -0.15) is 13.2 Å². The lowest BCUT2D eigenvalue weighted by molar-refractivity contribution is -0.138. The SMILES string of the molecule is O=C(O)CCNC(=O)c1ccc(SCCCCCCCc2ccc(-c3ccc(C(F)(F)F)cc3)nc2)cc1. The van der Waals surface area contributed by atoms with E-state index in [0.717, 1.165) is 66.9 Å². The molecule has 0 bridgehead atoms. The van der Waals surface area contributed by atoms with Gasteiger partial charge in [-0.3, -0.25) is 14.6 Å². The number of nitrogens with one attached hydrogen (secondary N) is 1. The maximum atomic E-state index is 12.7. The lowest BCUT2D eigenvalue weighted by Gasteiger charge is -2.08. The number of amides is 1. The number of carboxylic acids is 1. The number of pyridine rings is 1. The molecule has 0 aliphatic rings. The molecule has 202 valence electrons. The summed E-state index contributed by atoms with van der Waals surface area (Å²) in [5.41, 5.74) is 2.30. The molecule has 2 aromatic carbocycles. The predicted octanol–water partition coefficient (Wildman–Crippen LogP) is 7.26. The Morgan fingerprint density at radius 3 is 2.18 bits per heavy atom. The summed E-state index contributed by atoms with van der Waals surface area (Å²) in [5, 5.41) is 11.2. The number of hydrogen-bond donors (Lipinski definition) is 2. The van der Waals surface area contributed by atoms with Crippen LogP contribution in [0.15, 0.2) is 71.8 Å². The molecule has 1 aromatic heterocycles. The van der Waals surface area contributed by atoms with Crippen LogP contribution >= 0.6 is 11.8 Å². The monoisotopic (exact) mass is 544 g/mol. The molecule has 2 N–H and O–H groups in total. The third kappa shape index (κ3) is 9.85. The van der Waals surface area contributed by atoms with Crippen molar-refractivity contribution in [3.05, 3.63) is 83.6 Å². The molecule has 1 amide bonds. The number of carbonyl (C=O) groups excluding carboxylic acids is 1. The number of nitrogens with zero attached hydrogens (tertiary/aromatic N) is 1. The molecule has 3 rings (SSSR count). The van der Waals surface area contributed by atoms with Crippen molar-refractivity contribution in [3.8, 4) is 11.3 Å². The second-order valence-electron chi connectivity index (χ2n) is 8.92. The van der Waals surface area contributed by atoms with Gasteiger partial charge in [0.15, 0.2) is 0 Å². The van der Waals surface area contributed by atoms with Crippen molar-refractivity contribution in [2.75, 3.05) is 12.3 Å². The fraction of sp³-hybridized carbons (Fsp3) is 0.345. The van der Waals surface area contributed by atoms with Crippen molar-refractivity contribution in [1.29, 1.82) is 0 Å². The Morgan fingerprint density at radius 1 is 0.868 bits per heavy atom. The number of aryl methyl sites for hydroxylation is 1. The summed E-state index contributed by atoms with van der Waals surface area (Å²) in [4.78, 5) is 28.0. The summed E-state index contributed by atoms with van der Waals surface area (Å²) in [5.74, 6) is -0.214. The van der Waals surface area contributed by atoms with E-state index in [1.807, 2.05) is 24.3 Å². The van der Waals surface area contributed by atoms with Crippen LogP contribution in [0.3, 0.4) is 0 Å². The largest absolute Gasteiger partial charge is 0.481 e. The van der Waals surface area contributed by atoms with Crippen molar-refractivity contribution in [2.45, 2.75) is 56.0 Å². The molecular formula is C29H31F3N2O3S. The maximum Gasteiger partial charge on any atom is 0.416 e. The first kappa shape index (κ1) is 29.2. The Balaban J connectivity index is 1.27. The summed E-state index contributed by atoms with van der Waals surface area (Å²) in [6, 6.07) is 16.2. The van der Waals surface area contributed by atoms with Crippen LogP contribution in [0.25, 0.3) is 11.3 Å². The topological polar surface area (TPSA) is 79.3 Å². The highest BCUT2D eigenvalue weighted by molar-refractivity contribution is 7.99. The first-order valence-electron chi connectivity index (χ1n) is 12.6. The van der Waals surface area contributed by atoms with Crippen LogP contribution in [0, 0.1) is 0 Å². The number of carboxylic acid groups (broad SMARTS) is 1. The zero-order valence-corrected chi connectivity index (χ0v) is 21.8. The van der Waals surface area contributed by atoms with Crippen molar-refractivity contribution in [3.63, 3.8) is 0 Å². The normalized spacial score (nSPS) is 11.3. The van der Waals surface area contributed by atoms with Gasteiger partial charge < -0.3 is 10.4 Å². The average Bonchev–Trinajstić information content (AvgIpc) is 2.90. The molecule has 38 heavy (non-hydrogen) atoms. The van der Waals surface area contributed by atoms with E-state index in [2.05, 4.69) is 10.3 Å². The Hall–Kier alpha value is -3.33. The third-order valence-electron chi connectivity index (χ3n) is 5.95. The van der Waals surface area contributed by atoms with Crippen LogP contribution in [0.4, 0.5) is 13.2 Å². The molecule has 0 fully saturated rings. The van der Waals surface area contributed by atoms with Gasteiger partial charge in [0.1, 0.15) is 0 Å². The first-order chi connectivity index (χ1) is 18.2. The van der Waals surface area contributed by atoms with Crippen molar-refractivity contribution >= 4 is 23.6 Å². The number of hydrogen-bond acceptors (Lipinski definition) is 4. The predicted molar refractivity (Wildman–Crippen MR) is 143 cm³/mol. The summed E-state index contributed by atoms with van der Waals surface area (Å²) < 4.78 is 38.2. The van der Waals surface area contributed by atoms with Gasteiger partial charge in [-0.15, -0.1) is 11.8 Å². The highest BCUT2D eigenvalue weighted by Crippen LogP contribution is 2.30. The smallest absolute Gasteiger partial charge is 0.416 e. The van der Waals surface area contributed by atoms with E-state index in [0.29, 0.717) is 16.8 Å². The van der Waals surface area contributed by atoms with Gasteiger partial charge in [0.25, 0.3) is 5.91 Å². The summed E-state index contributed by atoms with van der Waals surface area (Å²) in [6.45, 7) is 0.111. The number of rotatable bonds is 14. The molecule has 0 saturated carbocycles. The van der Waals surface area contributed by atoms with Crippen LogP contribution in [0.2, 0.25) is 0 Å². The highest BCUT2D eigenvalue weighted by Gasteiger charge is 2.30. The number of thioether (sulfide) groups is 1. The van der Waals surface area contributed by atoms with E-state index >= 15 is 0 Å². The van der Waals surface area contributed by atoms with Crippen LogP contribution in [0.1, 0.15) is 60.0 Å². The molecule has 1 heterocycles. The Morgan fingerprint density at radius 2 is 1.55 bits per heavy atom. The molecule has 0 saturated heterocycles. The van der Waals surface area contributed by atoms with E-state index in [9.17, 15) is 22.8 Å². The third-order valence-corrected chi connectivity index (χ3v) is 7.05. The Kier molecular flexibility index (Phi) is 11.2. The van der Waals surface area contributed by atoms with Gasteiger partial charge in [-0.1, -0.05) is 37.5 Å². The number of benzene rings is 2. The molecule has 0 unspecified atom stereocenters. The van der Waals surface area contributed by atoms with Gasteiger partial charge in [-0.25, -0.2) is 0 Å². The second kappa shape index (κ2) is 14.6. The van der Waals surface area contributed by atoms with E-state index in [1.54, 1.807) is 30.1 Å². The van der Waals surface area contributed by atoms with E-state index in [4.69, 9.17) is 5.11 Å². The number of unbranched alkanes of at least 4 members (excludes halogenated alkanes) is 4. The van der Waals surface area contributed by atoms with E-state index in [1.165, 1.54) is 12.1 Å². The molecule has 0 radical (unpaired) electrons. The zero-order chi connectivity index (χ0) is 27.4. The molecule has 3 aromatic rings. The maximum absolute atomic E-state index is 12.7. The molecule has 0 spiro atoms. The number of aliphatic carboxylic acids is 1. The Bertz CT molecular complexity index is 1170. The van der Waals surface area contributed by atoms with Crippen molar-refractivity contribution in [1.82, 2.24) is 10.3 Å². The fourth-order valence-corrected chi connectivity index (χ4v) is 4.72. The number of halogens is 3. The minimum Gasteiger partial charge on any atom is -0.481 e. The lowest BCUT2D eigenvalue weighted by atomic mass is 10.0. The summed E-state index contributed by atoms with van der Waals surface area (Å²) in [7, 11) is 0. The van der Waals surface area contributed by atoms with Gasteiger partial charge in [0.2, 0.25) is 0 Å². The van der Waals surface area contributed by atoms with Crippen LogP contribution in [0.5, 0.6) is 0 Å². The molecule has 0 aliphatic carbocycles. The molecule has 5 nitrogen and oxygen atoms in total. The Labute approximate surface area is 224 Å². The molecule has 0 atom stereocenters. The zero-order valence-electron chi connectivity index (χ0n) is 21.0. The lowest BCUT2D eigenvalue weighted by Crippen LogP contribution is -2.25. The highest BCUT2D eigenvalue weighted by atomic mass is 32.2. The standard InChI is InChI=1S/C29H31F3N2O3S/c30-29(31,32)24-12-8-22(9-13-24)26-16-7-21(20-34-26)6-4-2-1-3-5-19-38-25-14-10-23(11-15-25)28(37)33-18-17-27(35)36/h7-16,20H,1-6,17-19H2,(H,33,37)(H,35,36). The molecule has 0 aliphatic heterocycles. The van der Waals surface area contributed by atoms with E-state index < -0.39 is 17.7 Å². The van der Waals surface area contributed by atoms with Gasteiger partial charge >= 0.3 is 12.1 Å². The summed E-state index contributed by atoms with van der Waals surface area (Å²) >= 11 is 1.75. The molecular weight excluding hydrogens is 513 g/mol. The minimum atomic E-state index is -4.34. The van der Waals surface area contributed by atoms with Gasteiger partial charge in [0.05, 0.1) is 17.7 Å². The van der Waals surface area contributed by atoms with Crippen LogP contribution in [-0.4, -0.2) is 34.3 Å². The van der Waals surface area contributed by atoms with Gasteiger partial charge in [-0.05, 0) is 73.0 Å². The number of aromatic nitrogens is 1. The van der Waals surface area contributed by atoms with Crippen molar-refractivity contribution < 1.29 is 27.9 Å².